The molecule has 2 N–H and O–H groups in total. The van der Waals surface area contributed by atoms with Crippen LogP contribution in [-0.4, -0.2) is 30.4 Å². The molecule has 2 atom stereocenters. The first kappa shape index (κ1) is 15.2. The van der Waals surface area contributed by atoms with E-state index in [4.69, 9.17) is 0 Å². The predicted molar refractivity (Wildman–Crippen MR) is 87.4 cm³/mol. The van der Waals surface area contributed by atoms with Crippen LogP contribution in [0.2, 0.25) is 0 Å². The molecule has 5 heteroatoms. The van der Waals surface area contributed by atoms with Crippen molar-refractivity contribution in [3.05, 3.63) is 70.8 Å². The second kappa shape index (κ2) is 6.62. The van der Waals surface area contributed by atoms with Gasteiger partial charge in [-0.1, -0.05) is 41.6 Å². The molecule has 1 aliphatic carbocycles. The molecule has 0 heterocycles. The molecule has 0 saturated carbocycles. The molecule has 5 nitrogen and oxygen atoms in total. The van der Waals surface area contributed by atoms with Crippen molar-refractivity contribution in [3.63, 3.8) is 0 Å². The molecule has 0 fully saturated rings. The number of fused-ring (bicyclic) bond motifs is 1. The van der Waals surface area contributed by atoms with E-state index in [1.807, 2.05) is 24.3 Å². The van der Waals surface area contributed by atoms with Gasteiger partial charge in [0.05, 0.1) is 18.4 Å². The first-order valence-electron chi connectivity index (χ1n) is 7.42. The summed E-state index contributed by atoms with van der Waals surface area (Å²) in [6, 6.07) is 14.4. The largest absolute Gasteiger partial charge is 0.399 e. The Bertz CT molecular complexity index is 725. The third-order valence-electron chi connectivity index (χ3n) is 3.97. The summed E-state index contributed by atoms with van der Waals surface area (Å²) in [5, 5.41) is 16.8. The molecule has 0 bridgehead atoms. The number of rotatable bonds is 4. The lowest BCUT2D eigenvalue weighted by molar-refractivity contribution is 0.0858. The van der Waals surface area contributed by atoms with Gasteiger partial charge in [0.15, 0.2) is 0 Å². The number of oxime groups is 1. The molecule has 0 spiro atoms. The number of aliphatic hydroxyl groups is 1. The van der Waals surface area contributed by atoms with E-state index in [1.54, 1.807) is 30.5 Å². The van der Waals surface area contributed by atoms with Crippen LogP contribution >= 0.6 is 0 Å². The van der Waals surface area contributed by atoms with Crippen LogP contribution in [0.25, 0.3) is 0 Å². The number of aliphatic hydroxyl groups excluding tert-OH is 1. The topological polar surface area (TPSA) is 70.9 Å². The van der Waals surface area contributed by atoms with Crippen LogP contribution in [0.1, 0.15) is 33.1 Å². The maximum Gasteiger partial charge on any atom is 0.251 e. The summed E-state index contributed by atoms with van der Waals surface area (Å²) in [5.41, 5.74) is 3.44. The van der Waals surface area contributed by atoms with Crippen molar-refractivity contribution in [1.82, 2.24) is 5.32 Å². The number of hydrogen-bond donors (Lipinski definition) is 2. The quantitative estimate of drug-likeness (QED) is 0.671. The van der Waals surface area contributed by atoms with Gasteiger partial charge in [-0.15, -0.1) is 0 Å². The molecular weight excluding hydrogens is 292 g/mol. The van der Waals surface area contributed by atoms with Crippen LogP contribution in [0, 0.1) is 0 Å². The van der Waals surface area contributed by atoms with E-state index in [2.05, 4.69) is 15.3 Å². The second-order valence-corrected chi connectivity index (χ2v) is 5.46. The van der Waals surface area contributed by atoms with Crippen molar-refractivity contribution in [3.8, 4) is 0 Å². The number of nitrogens with zero attached hydrogens (tertiary/aromatic N) is 1. The van der Waals surface area contributed by atoms with Crippen LogP contribution in [0.5, 0.6) is 0 Å². The highest BCUT2D eigenvalue weighted by Crippen LogP contribution is 2.31. The fraction of sp³-hybridized carbons (Fsp3) is 0.222. The molecule has 23 heavy (non-hydrogen) atoms. The van der Waals surface area contributed by atoms with Gasteiger partial charge in [0.2, 0.25) is 0 Å². The highest BCUT2D eigenvalue weighted by molar-refractivity contribution is 5.95. The third kappa shape index (κ3) is 3.24. The van der Waals surface area contributed by atoms with Crippen molar-refractivity contribution in [2.45, 2.75) is 18.6 Å². The lowest BCUT2D eigenvalue weighted by Crippen LogP contribution is -2.33. The zero-order valence-electron chi connectivity index (χ0n) is 12.8. The van der Waals surface area contributed by atoms with Crippen LogP contribution in [0.3, 0.4) is 0 Å². The number of carbonyl (C=O) groups excluding carboxylic acids is 1. The maximum absolute atomic E-state index is 12.4. The summed E-state index contributed by atoms with van der Waals surface area (Å²) in [7, 11) is 1.48. The van der Waals surface area contributed by atoms with Crippen molar-refractivity contribution < 1.29 is 14.7 Å². The number of hydrogen-bond acceptors (Lipinski definition) is 4. The van der Waals surface area contributed by atoms with Gasteiger partial charge in [-0.3, -0.25) is 4.79 Å². The third-order valence-corrected chi connectivity index (χ3v) is 3.97. The molecule has 0 unspecified atom stereocenters. The summed E-state index contributed by atoms with van der Waals surface area (Å²) >= 11 is 0. The Kier molecular flexibility index (Phi) is 4.39. The SMILES string of the molecule is CO/N=C/c1ccc(C(=O)N[C@H]2c3ccccc3C[C@H]2O)cc1. The summed E-state index contributed by atoms with van der Waals surface area (Å²) in [5.74, 6) is -0.207. The Balaban J connectivity index is 1.73. The molecule has 1 aliphatic rings. The summed E-state index contributed by atoms with van der Waals surface area (Å²) in [4.78, 5) is 17.0. The van der Waals surface area contributed by atoms with Crippen LogP contribution in [-0.2, 0) is 11.3 Å². The molecule has 0 aromatic heterocycles. The van der Waals surface area contributed by atoms with Crippen molar-refractivity contribution in [2.24, 2.45) is 5.16 Å². The molecule has 0 radical (unpaired) electrons. The Hall–Kier alpha value is -2.66. The monoisotopic (exact) mass is 310 g/mol. The Labute approximate surface area is 134 Å². The fourth-order valence-electron chi connectivity index (χ4n) is 2.81. The Morgan fingerprint density at radius 3 is 2.74 bits per heavy atom. The van der Waals surface area contributed by atoms with Gasteiger partial charge in [-0.25, -0.2) is 0 Å². The molecule has 2 aromatic carbocycles. The normalized spacial score (nSPS) is 19.6. The average molecular weight is 310 g/mol. The smallest absolute Gasteiger partial charge is 0.251 e. The van der Waals surface area contributed by atoms with Gasteiger partial charge in [0.1, 0.15) is 7.11 Å². The van der Waals surface area contributed by atoms with Crippen LogP contribution in [0.15, 0.2) is 53.7 Å². The standard InChI is InChI=1S/C18H18N2O3/c1-23-19-11-12-6-8-13(9-7-12)18(22)20-17-15-5-3-2-4-14(15)10-16(17)21/h2-9,11,16-17,21H,10H2,1H3,(H,20,22)/b19-11+/t16-,17+/m1/s1. The minimum atomic E-state index is -0.593. The zero-order chi connectivity index (χ0) is 16.2. The maximum atomic E-state index is 12.4. The molecule has 2 aromatic rings. The fourth-order valence-corrected chi connectivity index (χ4v) is 2.81. The molecular formula is C18H18N2O3. The van der Waals surface area contributed by atoms with E-state index < -0.39 is 6.10 Å². The van der Waals surface area contributed by atoms with Gasteiger partial charge in [-0.05, 0) is 28.8 Å². The van der Waals surface area contributed by atoms with Crippen LogP contribution < -0.4 is 5.32 Å². The number of amides is 1. The van der Waals surface area contributed by atoms with Gasteiger partial charge in [0.25, 0.3) is 5.91 Å². The highest BCUT2D eigenvalue weighted by atomic mass is 16.6. The number of benzene rings is 2. The van der Waals surface area contributed by atoms with Gasteiger partial charge in [0, 0.05) is 12.0 Å². The number of carbonyl (C=O) groups is 1. The first-order chi connectivity index (χ1) is 11.2. The lowest BCUT2D eigenvalue weighted by Gasteiger charge is -2.18. The van der Waals surface area contributed by atoms with E-state index in [9.17, 15) is 9.90 Å². The predicted octanol–water partition coefficient (Wildman–Crippen LogP) is 2.05. The minimum Gasteiger partial charge on any atom is -0.399 e. The van der Waals surface area contributed by atoms with E-state index in [1.165, 1.54) is 7.11 Å². The van der Waals surface area contributed by atoms with Crippen molar-refractivity contribution >= 4 is 12.1 Å². The van der Waals surface area contributed by atoms with E-state index in [0.29, 0.717) is 12.0 Å². The zero-order valence-corrected chi connectivity index (χ0v) is 12.8. The molecule has 0 aliphatic heterocycles. The summed E-state index contributed by atoms with van der Waals surface area (Å²) in [6.07, 6.45) is 1.54. The molecule has 118 valence electrons. The summed E-state index contributed by atoms with van der Waals surface area (Å²) in [6.45, 7) is 0. The van der Waals surface area contributed by atoms with Gasteiger partial charge >= 0.3 is 0 Å². The molecule has 3 rings (SSSR count). The average Bonchev–Trinajstić information content (AvgIpc) is 2.89. The van der Waals surface area contributed by atoms with Gasteiger partial charge < -0.3 is 15.3 Å². The van der Waals surface area contributed by atoms with Crippen molar-refractivity contribution in [2.75, 3.05) is 7.11 Å². The Morgan fingerprint density at radius 1 is 1.26 bits per heavy atom. The first-order valence-corrected chi connectivity index (χ1v) is 7.42. The summed E-state index contributed by atoms with van der Waals surface area (Å²) < 4.78 is 0. The second-order valence-electron chi connectivity index (χ2n) is 5.46. The van der Waals surface area contributed by atoms with Crippen LogP contribution in [0.4, 0.5) is 0 Å². The van der Waals surface area contributed by atoms with E-state index >= 15 is 0 Å². The van der Waals surface area contributed by atoms with E-state index in [0.717, 1.165) is 16.7 Å². The van der Waals surface area contributed by atoms with Crippen molar-refractivity contribution in [1.29, 1.82) is 0 Å². The number of nitrogens with one attached hydrogen (secondary N) is 1. The lowest BCUT2D eigenvalue weighted by atomic mass is 10.1. The molecule has 1 amide bonds. The highest BCUT2D eigenvalue weighted by Gasteiger charge is 2.31. The minimum absolute atomic E-state index is 0.207. The molecule has 0 saturated heterocycles. The Morgan fingerprint density at radius 2 is 2.00 bits per heavy atom. The van der Waals surface area contributed by atoms with Gasteiger partial charge in [-0.2, -0.15) is 0 Å². The van der Waals surface area contributed by atoms with E-state index in [-0.39, 0.29) is 11.9 Å².